The summed E-state index contributed by atoms with van der Waals surface area (Å²) in [5.74, 6) is 0.756. The first-order valence-corrected chi connectivity index (χ1v) is 7.49. The molecule has 2 bridgehead atoms. The van der Waals surface area contributed by atoms with E-state index < -0.39 is 24.5 Å². The second kappa shape index (κ2) is 5.86. The predicted molar refractivity (Wildman–Crippen MR) is 77.2 cm³/mol. The Morgan fingerprint density at radius 1 is 1.55 bits per heavy atom. The number of carbonyl (C=O) groups is 1. The Hall–Kier alpha value is -1.64. The van der Waals surface area contributed by atoms with Gasteiger partial charge in [0.15, 0.2) is 6.29 Å². The summed E-state index contributed by atoms with van der Waals surface area (Å²) in [6, 6.07) is -1.29. The Kier molecular flexibility index (Phi) is 4.07. The van der Waals surface area contributed by atoms with Crippen molar-refractivity contribution >= 4 is 6.03 Å². The van der Waals surface area contributed by atoms with E-state index in [4.69, 9.17) is 9.47 Å². The number of nitrogens with one attached hydrogen (secondary N) is 2. The third-order valence-corrected chi connectivity index (χ3v) is 4.03. The van der Waals surface area contributed by atoms with Gasteiger partial charge in [0.25, 0.3) is 0 Å². The maximum absolute atomic E-state index is 12.0. The summed E-state index contributed by atoms with van der Waals surface area (Å²) in [7, 11) is 0. The highest BCUT2D eigenvalue weighted by Crippen LogP contribution is 2.36. The van der Waals surface area contributed by atoms with Crippen LogP contribution in [0.1, 0.15) is 25.7 Å². The van der Waals surface area contributed by atoms with E-state index in [-0.39, 0.29) is 18.2 Å². The van der Waals surface area contributed by atoms with Crippen molar-refractivity contribution < 1.29 is 19.4 Å². The van der Waals surface area contributed by atoms with Gasteiger partial charge >= 0.3 is 6.03 Å². The van der Waals surface area contributed by atoms with Gasteiger partial charge in [-0.2, -0.15) is 0 Å². The average molecular weight is 310 g/mol. The Morgan fingerprint density at radius 2 is 2.32 bits per heavy atom. The van der Waals surface area contributed by atoms with Crippen molar-refractivity contribution in [1.82, 2.24) is 20.2 Å². The van der Waals surface area contributed by atoms with Crippen LogP contribution in [-0.4, -0.2) is 57.9 Å². The lowest BCUT2D eigenvalue weighted by Crippen LogP contribution is -2.60. The molecule has 2 fully saturated rings. The number of amides is 2. The van der Waals surface area contributed by atoms with Gasteiger partial charge in [-0.15, -0.1) is 0 Å². The second-order valence-corrected chi connectivity index (χ2v) is 6.04. The van der Waals surface area contributed by atoms with E-state index in [1.807, 2.05) is 25.3 Å². The monoisotopic (exact) mass is 310 g/mol. The van der Waals surface area contributed by atoms with Gasteiger partial charge in [-0.05, 0) is 20.8 Å². The van der Waals surface area contributed by atoms with Crippen molar-refractivity contribution in [3.8, 4) is 0 Å². The first-order chi connectivity index (χ1) is 10.5. The van der Waals surface area contributed by atoms with Gasteiger partial charge in [0.2, 0.25) is 0 Å². The van der Waals surface area contributed by atoms with Crippen LogP contribution in [0.2, 0.25) is 0 Å². The normalized spacial score (nSPS) is 34.0. The fraction of sp³-hybridized carbons (Fsp3) is 0.714. The molecule has 8 heteroatoms. The van der Waals surface area contributed by atoms with Gasteiger partial charge < -0.3 is 29.8 Å². The van der Waals surface area contributed by atoms with Crippen molar-refractivity contribution in [3.63, 3.8) is 0 Å². The molecule has 8 nitrogen and oxygen atoms in total. The molecule has 2 aliphatic heterocycles. The lowest BCUT2D eigenvalue weighted by Gasteiger charge is -2.39. The van der Waals surface area contributed by atoms with Crippen molar-refractivity contribution in [1.29, 1.82) is 0 Å². The fourth-order valence-electron chi connectivity index (χ4n) is 3.03. The van der Waals surface area contributed by atoms with Gasteiger partial charge in [-0.1, -0.05) is 0 Å². The number of aromatic nitrogens is 2. The Balaban J connectivity index is 1.79. The van der Waals surface area contributed by atoms with Crippen LogP contribution in [-0.2, 0) is 9.47 Å². The van der Waals surface area contributed by atoms with Crippen molar-refractivity contribution in [2.75, 3.05) is 6.61 Å². The number of aliphatic hydroxyl groups is 1. The van der Waals surface area contributed by atoms with Crippen LogP contribution in [0.15, 0.2) is 12.4 Å². The number of fused-ring (bicyclic) bond motifs is 2. The zero-order chi connectivity index (χ0) is 15.9. The molecule has 0 spiro atoms. The lowest BCUT2D eigenvalue weighted by atomic mass is 9.96. The summed E-state index contributed by atoms with van der Waals surface area (Å²) in [4.78, 5) is 16.1. The maximum atomic E-state index is 12.0. The molecule has 2 saturated heterocycles. The molecule has 3 N–H and O–H groups in total. The minimum Gasteiger partial charge on any atom is -0.388 e. The number of hydrogen-bond donors (Lipinski definition) is 3. The molecule has 2 amide bonds. The van der Waals surface area contributed by atoms with Gasteiger partial charge in [0.05, 0.1) is 12.6 Å². The van der Waals surface area contributed by atoms with Gasteiger partial charge in [0, 0.05) is 18.4 Å². The minimum absolute atomic E-state index is 0.0147. The molecular formula is C14H22N4O4. The van der Waals surface area contributed by atoms with Crippen molar-refractivity contribution in [2.45, 2.75) is 57.4 Å². The number of urea groups is 1. The Labute approximate surface area is 128 Å². The largest absolute Gasteiger partial charge is 0.388 e. The van der Waals surface area contributed by atoms with Crippen LogP contribution in [0.5, 0.6) is 0 Å². The first-order valence-electron chi connectivity index (χ1n) is 7.49. The van der Waals surface area contributed by atoms with Gasteiger partial charge in [-0.3, -0.25) is 0 Å². The molecular weight excluding hydrogens is 288 g/mol. The van der Waals surface area contributed by atoms with Crippen LogP contribution in [0.25, 0.3) is 0 Å². The number of aryl methyl sites for hydroxylation is 1. The topological polar surface area (TPSA) is 97.6 Å². The molecule has 2 aliphatic rings. The van der Waals surface area contributed by atoms with E-state index >= 15 is 0 Å². The molecule has 0 aromatic carbocycles. The third kappa shape index (κ3) is 2.69. The highest BCUT2D eigenvalue weighted by molar-refractivity contribution is 5.74. The van der Waals surface area contributed by atoms with E-state index in [1.54, 1.807) is 12.4 Å². The Morgan fingerprint density at radius 3 is 2.95 bits per heavy atom. The summed E-state index contributed by atoms with van der Waals surface area (Å²) in [6.45, 7) is 5.94. The molecule has 5 unspecified atom stereocenters. The first kappa shape index (κ1) is 15.3. The highest BCUT2D eigenvalue weighted by atomic mass is 16.7. The molecule has 0 saturated carbocycles. The quantitative estimate of drug-likeness (QED) is 0.726. The average Bonchev–Trinajstić information content (AvgIpc) is 3.03. The zero-order valence-corrected chi connectivity index (χ0v) is 12.9. The number of hydrogen-bond acceptors (Lipinski definition) is 5. The lowest BCUT2D eigenvalue weighted by molar-refractivity contribution is -0.164. The molecule has 3 heterocycles. The minimum atomic E-state index is -0.822. The van der Waals surface area contributed by atoms with Crippen LogP contribution in [0, 0.1) is 6.92 Å². The molecule has 3 rings (SSSR count). The van der Waals surface area contributed by atoms with E-state index in [0.29, 0.717) is 6.61 Å². The van der Waals surface area contributed by atoms with Crippen LogP contribution in [0.3, 0.4) is 0 Å². The number of carbonyl (C=O) groups excluding carboxylic acids is 1. The number of ether oxygens (including phenoxy) is 2. The molecule has 122 valence electrons. The molecule has 0 radical (unpaired) electrons. The Bertz CT molecular complexity index is 547. The number of rotatable bonds is 3. The standard InChI is InChI=1S/C14H22N4O4/c1-7(2)16-14(20)17-10-9-6-21-13(22-9)11(12(10)19)18-5-4-15-8(18)3/h4-5,7,9-13,19H,6H2,1-3H3,(H2,16,17,20). The van der Waals surface area contributed by atoms with Crippen molar-refractivity contribution in [2.24, 2.45) is 0 Å². The number of imidazole rings is 1. The zero-order valence-electron chi connectivity index (χ0n) is 12.9. The molecule has 1 aromatic rings. The SMILES string of the molecule is Cc1nccn1C1C2OCC(O2)C(NC(=O)NC(C)C)C1O. The van der Waals surface area contributed by atoms with Crippen molar-refractivity contribution in [3.05, 3.63) is 18.2 Å². The van der Waals surface area contributed by atoms with E-state index in [0.717, 1.165) is 5.82 Å². The second-order valence-electron chi connectivity index (χ2n) is 6.04. The summed E-state index contributed by atoms with van der Waals surface area (Å²) >= 11 is 0. The predicted octanol–water partition coefficient (Wildman–Crippen LogP) is -0.0752. The van der Waals surface area contributed by atoms with Gasteiger partial charge in [0.1, 0.15) is 24.1 Å². The fourth-order valence-corrected chi connectivity index (χ4v) is 3.03. The van der Waals surface area contributed by atoms with Gasteiger partial charge in [-0.25, -0.2) is 9.78 Å². The smallest absolute Gasteiger partial charge is 0.315 e. The van der Waals surface area contributed by atoms with E-state index in [1.165, 1.54) is 0 Å². The summed E-state index contributed by atoms with van der Waals surface area (Å²) in [5.41, 5.74) is 0. The third-order valence-electron chi connectivity index (χ3n) is 4.03. The number of aliphatic hydroxyl groups excluding tert-OH is 1. The summed E-state index contributed by atoms with van der Waals surface area (Å²) in [6.07, 6.45) is 1.74. The molecule has 0 aliphatic carbocycles. The number of nitrogens with zero attached hydrogens (tertiary/aromatic N) is 2. The van der Waals surface area contributed by atoms with E-state index in [9.17, 15) is 9.90 Å². The van der Waals surface area contributed by atoms with Crippen LogP contribution >= 0.6 is 0 Å². The molecule has 5 atom stereocenters. The van der Waals surface area contributed by atoms with Crippen LogP contribution in [0.4, 0.5) is 4.79 Å². The van der Waals surface area contributed by atoms with E-state index in [2.05, 4.69) is 15.6 Å². The molecule has 22 heavy (non-hydrogen) atoms. The maximum Gasteiger partial charge on any atom is 0.315 e. The summed E-state index contributed by atoms with van der Waals surface area (Å²) in [5, 5.41) is 16.3. The highest BCUT2D eigenvalue weighted by Gasteiger charge is 2.51. The van der Waals surface area contributed by atoms with Crippen LogP contribution < -0.4 is 10.6 Å². The molecule has 1 aromatic heterocycles. The summed E-state index contributed by atoms with van der Waals surface area (Å²) < 4.78 is 13.3.